The van der Waals surface area contributed by atoms with Crippen LogP contribution in [0.4, 0.5) is 0 Å². The van der Waals surface area contributed by atoms with Crippen LogP contribution in [0.5, 0.6) is 11.5 Å². The number of rotatable bonds is 5. The molecule has 0 saturated carbocycles. The fourth-order valence-electron chi connectivity index (χ4n) is 1.71. The van der Waals surface area contributed by atoms with Crippen LogP contribution in [0.1, 0.15) is 18.2 Å². The maximum Gasteiger partial charge on any atom is 0.135 e. The van der Waals surface area contributed by atoms with E-state index in [2.05, 4.69) is 39.8 Å². The number of aromatic nitrogens is 1. The fourth-order valence-corrected chi connectivity index (χ4v) is 2.22. The van der Waals surface area contributed by atoms with E-state index in [1.807, 2.05) is 43.5 Å². The predicted molar refractivity (Wildman–Crippen MR) is 85.6 cm³/mol. The van der Waals surface area contributed by atoms with Gasteiger partial charge in [0.25, 0.3) is 0 Å². The van der Waals surface area contributed by atoms with Crippen LogP contribution >= 0.6 is 22.6 Å². The van der Waals surface area contributed by atoms with Gasteiger partial charge in [0.15, 0.2) is 0 Å². The molecule has 4 heteroatoms. The van der Waals surface area contributed by atoms with Crippen LogP contribution < -0.4 is 10.1 Å². The lowest BCUT2D eigenvalue weighted by atomic mass is 10.2. The molecule has 0 fully saturated rings. The zero-order chi connectivity index (χ0) is 13.7. The Morgan fingerprint density at radius 2 is 2.16 bits per heavy atom. The molecular formula is C15H17IN2O. The molecule has 0 radical (unpaired) electrons. The van der Waals surface area contributed by atoms with Gasteiger partial charge in [-0.1, -0.05) is 13.0 Å². The van der Waals surface area contributed by atoms with Crippen molar-refractivity contribution in [2.45, 2.75) is 20.4 Å². The van der Waals surface area contributed by atoms with E-state index in [1.165, 1.54) is 0 Å². The third-order valence-corrected chi connectivity index (χ3v) is 3.34. The second-order valence-corrected chi connectivity index (χ2v) is 5.52. The van der Waals surface area contributed by atoms with Gasteiger partial charge in [0.2, 0.25) is 0 Å². The Hall–Kier alpha value is -1.14. The molecule has 100 valence electrons. The zero-order valence-corrected chi connectivity index (χ0v) is 13.3. The summed E-state index contributed by atoms with van der Waals surface area (Å²) in [4.78, 5) is 4.33. The van der Waals surface area contributed by atoms with Gasteiger partial charge in [0.1, 0.15) is 11.5 Å². The van der Waals surface area contributed by atoms with Crippen molar-refractivity contribution in [2.24, 2.45) is 0 Å². The first-order valence-electron chi connectivity index (χ1n) is 6.28. The van der Waals surface area contributed by atoms with Crippen LogP contribution in [-0.4, -0.2) is 11.5 Å². The molecule has 0 amide bonds. The Balaban J connectivity index is 2.24. The van der Waals surface area contributed by atoms with Crippen molar-refractivity contribution < 1.29 is 4.74 Å². The second-order valence-electron chi connectivity index (χ2n) is 4.27. The maximum absolute atomic E-state index is 5.98. The first-order valence-corrected chi connectivity index (χ1v) is 7.36. The molecule has 1 heterocycles. The number of benzene rings is 1. The van der Waals surface area contributed by atoms with E-state index in [9.17, 15) is 0 Å². The van der Waals surface area contributed by atoms with Crippen LogP contribution in [0.2, 0.25) is 0 Å². The molecule has 1 N–H and O–H groups in total. The number of nitrogens with one attached hydrogen (secondary N) is 1. The average molecular weight is 368 g/mol. The van der Waals surface area contributed by atoms with Gasteiger partial charge in [-0.25, -0.2) is 0 Å². The normalized spacial score (nSPS) is 10.5. The largest absolute Gasteiger partial charge is 0.457 e. The summed E-state index contributed by atoms with van der Waals surface area (Å²) in [6.45, 7) is 5.75. The molecule has 2 rings (SSSR count). The van der Waals surface area contributed by atoms with Gasteiger partial charge in [-0.3, -0.25) is 4.98 Å². The van der Waals surface area contributed by atoms with Crippen LogP contribution in [0.25, 0.3) is 0 Å². The molecule has 0 aliphatic carbocycles. The highest BCUT2D eigenvalue weighted by atomic mass is 127. The molecule has 0 aliphatic heterocycles. The van der Waals surface area contributed by atoms with Crippen LogP contribution in [0, 0.1) is 10.5 Å². The number of halogens is 1. The third-order valence-electron chi connectivity index (χ3n) is 2.67. The van der Waals surface area contributed by atoms with Gasteiger partial charge in [-0.05, 0) is 54.3 Å². The van der Waals surface area contributed by atoms with Crippen molar-refractivity contribution in [1.29, 1.82) is 0 Å². The molecule has 2 aromatic rings. The van der Waals surface area contributed by atoms with Crippen molar-refractivity contribution in [1.82, 2.24) is 10.3 Å². The Kier molecular flexibility index (Phi) is 5.15. The number of hydrogen-bond acceptors (Lipinski definition) is 3. The summed E-state index contributed by atoms with van der Waals surface area (Å²) in [5.41, 5.74) is 2.03. The van der Waals surface area contributed by atoms with Crippen LogP contribution in [0.3, 0.4) is 0 Å². The third kappa shape index (κ3) is 4.18. The minimum absolute atomic E-state index is 0.767. The summed E-state index contributed by atoms with van der Waals surface area (Å²) < 4.78 is 7.14. The lowest BCUT2D eigenvalue weighted by Crippen LogP contribution is -2.12. The number of aryl methyl sites for hydroxylation is 1. The van der Waals surface area contributed by atoms with E-state index in [-0.39, 0.29) is 0 Å². The highest BCUT2D eigenvalue weighted by molar-refractivity contribution is 14.1. The monoisotopic (exact) mass is 368 g/mol. The summed E-state index contributed by atoms with van der Waals surface area (Å²) in [7, 11) is 0. The van der Waals surface area contributed by atoms with E-state index in [1.54, 1.807) is 0 Å². The summed E-state index contributed by atoms with van der Waals surface area (Å²) in [5.74, 6) is 1.73. The van der Waals surface area contributed by atoms with Crippen LogP contribution in [-0.2, 0) is 6.54 Å². The zero-order valence-electron chi connectivity index (χ0n) is 11.1. The highest BCUT2D eigenvalue weighted by Gasteiger charge is 2.06. The smallest absolute Gasteiger partial charge is 0.135 e. The standard InChI is InChI=1S/C15H17IN2O/c1-3-17-9-12-10-18-11(2)7-15(12)19-14-6-4-5-13(16)8-14/h4-8,10,17H,3,9H2,1-2H3. The average Bonchev–Trinajstić information content (AvgIpc) is 2.38. The van der Waals surface area contributed by atoms with Crippen molar-refractivity contribution in [3.05, 3.63) is 51.4 Å². The molecule has 0 aliphatic rings. The summed E-state index contributed by atoms with van der Waals surface area (Å²) >= 11 is 2.28. The number of hydrogen-bond donors (Lipinski definition) is 1. The van der Waals surface area contributed by atoms with E-state index < -0.39 is 0 Å². The number of ether oxygens (including phenoxy) is 1. The molecule has 0 spiro atoms. The SMILES string of the molecule is CCNCc1cnc(C)cc1Oc1cccc(I)c1. The van der Waals surface area contributed by atoms with E-state index >= 15 is 0 Å². The molecular weight excluding hydrogens is 351 g/mol. The predicted octanol–water partition coefficient (Wildman–Crippen LogP) is 3.90. The fraction of sp³-hybridized carbons (Fsp3) is 0.267. The van der Waals surface area contributed by atoms with Crippen molar-refractivity contribution in [3.8, 4) is 11.5 Å². The molecule has 3 nitrogen and oxygen atoms in total. The van der Waals surface area contributed by atoms with Gasteiger partial charge in [-0.2, -0.15) is 0 Å². The summed E-state index contributed by atoms with van der Waals surface area (Å²) in [6, 6.07) is 10.0. The van der Waals surface area contributed by atoms with Gasteiger partial charge >= 0.3 is 0 Å². The Labute approximate surface area is 127 Å². The number of nitrogens with zero attached hydrogens (tertiary/aromatic N) is 1. The van der Waals surface area contributed by atoms with Gasteiger partial charge in [-0.15, -0.1) is 0 Å². The molecule has 1 aromatic heterocycles. The Morgan fingerprint density at radius 1 is 1.32 bits per heavy atom. The topological polar surface area (TPSA) is 34.2 Å². The van der Waals surface area contributed by atoms with Gasteiger partial charge < -0.3 is 10.1 Å². The summed E-state index contributed by atoms with van der Waals surface area (Å²) in [5, 5.41) is 3.30. The van der Waals surface area contributed by atoms with E-state index in [0.717, 1.165) is 39.4 Å². The first kappa shape index (κ1) is 14.3. The molecule has 0 unspecified atom stereocenters. The van der Waals surface area contributed by atoms with E-state index in [0.29, 0.717) is 0 Å². The Bertz CT molecular complexity index is 558. The van der Waals surface area contributed by atoms with Gasteiger partial charge in [0, 0.05) is 33.6 Å². The highest BCUT2D eigenvalue weighted by Crippen LogP contribution is 2.26. The van der Waals surface area contributed by atoms with E-state index in [4.69, 9.17) is 4.74 Å². The summed E-state index contributed by atoms with van der Waals surface area (Å²) in [6.07, 6.45) is 1.88. The lowest BCUT2D eigenvalue weighted by Gasteiger charge is -2.12. The van der Waals surface area contributed by atoms with Gasteiger partial charge in [0.05, 0.1) is 0 Å². The molecule has 0 bridgehead atoms. The minimum Gasteiger partial charge on any atom is -0.457 e. The molecule has 0 atom stereocenters. The molecule has 1 aromatic carbocycles. The minimum atomic E-state index is 0.767. The maximum atomic E-state index is 5.98. The molecule has 0 saturated heterocycles. The van der Waals surface area contributed by atoms with Crippen LogP contribution in [0.15, 0.2) is 36.5 Å². The van der Waals surface area contributed by atoms with Crippen molar-refractivity contribution >= 4 is 22.6 Å². The second kappa shape index (κ2) is 6.86. The molecule has 19 heavy (non-hydrogen) atoms. The number of pyridine rings is 1. The lowest BCUT2D eigenvalue weighted by molar-refractivity contribution is 0.471. The van der Waals surface area contributed by atoms with Crippen molar-refractivity contribution in [2.75, 3.05) is 6.54 Å². The first-order chi connectivity index (χ1) is 9.19. The quantitative estimate of drug-likeness (QED) is 0.813. The van der Waals surface area contributed by atoms with Crippen molar-refractivity contribution in [3.63, 3.8) is 0 Å². The Morgan fingerprint density at radius 3 is 2.89 bits per heavy atom.